The molecule has 1 fully saturated rings. The van der Waals surface area contributed by atoms with E-state index in [0.29, 0.717) is 6.42 Å². The summed E-state index contributed by atoms with van der Waals surface area (Å²) in [7, 11) is 0. The van der Waals surface area contributed by atoms with Gasteiger partial charge in [-0.05, 0) is 6.92 Å². The maximum atomic E-state index is 9.22. The predicted molar refractivity (Wildman–Crippen MR) is 64.3 cm³/mol. The Bertz CT molecular complexity index is 196. The van der Waals surface area contributed by atoms with Gasteiger partial charge >= 0.3 is 0 Å². The van der Waals surface area contributed by atoms with Gasteiger partial charge in [0.15, 0.2) is 0 Å². The second-order valence-corrected chi connectivity index (χ2v) is 3.57. The summed E-state index contributed by atoms with van der Waals surface area (Å²) >= 11 is 0. The smallest absolute Gasteiger partial charge is 0.214 e. The Morgan fingerprint density at radius 3 is 2.18 bits per heavy atom. The van der Waals surface area contributed by atoms with Crippen LogP contribution in [0.15, 0.2) is 0 Å². The Balaban J connectivity index is 0. The van der Waals surface area contributed by atoms with Crippen molar-refractivity contribution in [2.24, 2.45) is 5.73 Å². The first kappa shape index (κ1) is 18.7. The lowest BCUT2D eigenvalue weighted by molar-refractivity contribution is -0.174. The quantitative estimate of drug-likeness (QED) is 0.497. The summed E-state index contributed by atoms with van der Waals surface area (Å²) in [6, 6.07) is 0. The molecule has 1 aliphatic heterocycles. The SMILES string of the molecule is CC.CC(N)=O.CC1C[C@@H](O)[C@@H](O)[C@@H](CO)O1. The molecular weight excluding hydrogens is 226 g/mol. The molecule has 1 saturated heterocycles. The number of carbonyl (C=O) groups excluding carboxylic acids is 1. The fourth-order valence-electron chi connectivity index (χ4n) is 1.31. The molecule has 0 aromatic heterocycles. The van der Waals surface area contributed by atoms with Gasteiger partial charge in [-0.1, -0.05) is 13.8 Å². The van der Waals surface area contributed by atoms with E-state index < -0.39 is 18.3 Å². The third-order valence-electron chi connectivity index (χ3n) is 1.94. The number of rotatable bonds is 1. The molecule has 17 heavy (non-hydrogen) atoms. The van der Waals surface area contributed by atoms with Gasteiger partial charge in [0, 0.05) is 13.3 Å². The molecule has 5 N–H and O–H groups in total. The first-order valence-corrected chi connectivity index (χ1v) is 5.77. The largest absolute Gasteiger partial charge is 0.394 e. The molecule has 4 atom stereocenters. The standard InChI is InChI=1S/C7H14O4.C2H5NO.C2H6/c1-4-2-5(9)7(10)6(3-8)11-4;1-2(3)4;1-2/h4-10H,2-3H2,1H3;1H3,(H2,3,4);1-2H3/t4?,5-,6-,7-;;/m1../s1. The van der Waals surface area contributed by atoms with E-state index in [9.17, 15) is 15.0 Å². The van der Waals surface area contributed by atoms with E-state index in [4.69, 9.17) is 9.84 Å². The molecule has 104 valence electrons. The van der Waals surface area contributed by atoms with Crippen molar-refractivity contribution in [3.05, 3.63) is 0 Å². The van der Waals surface area contributed by atoms with Crippen LogP contribution in [0.3, 0.4) is 0 Å². The molecule has 0 spiro atoms. The van der Waals surface area contributed by atoms with Crippen molar-refractivity contribution in [3.8, 4) is 0 Å². The van der Waals surface area contributed by atoms with Crippen LogP contribution in [-0.2, 0) is 9.53 Å². The lowest BCUT2D eigenvalue weighted by Crippen LogP contribution is -2.49. The van der Waals surface area contributed by atoms with Crippen molar-refractivity contribution in [1.29, 1.82) is 0 Å². The van der Waals surface area contributed by atoms with Gasteiger partial charge in [0.25, 0.3) is 0 Å². The fraction of sp³-hybridized carbons (Fsp3) is 0.909. The van der Waals surface area contributed by atoms with Crippen molar-refractivity contribution in [2.75, 3.05) is 6.61 Å². The Morgan fingerprint density at radius 1 is 1.41 bits per heavy atom. The number of aliphatic hydroxyl groups excluding tert-OH is 3. The van der Waals surface area contributed by atoms with Gasteiger partial charge in [-0.25, -0.2) is 0 Å². The van der Waals surface area contributed by atoms with E-state index in [1.54, 1.807) is 6.92 Å². The van der Waals surface area contributed by atoms with Crippen LogP contribution in [0.4, 0.5) is 0 Å². The summed E-state index contributed by atoms with van der Waals surface area (Å²) in [6.45, 7) is 6.86. The normalized spacial score (nSPS) is 31.5. The molecule has 6 nitrogen and oxygen atoms in total. The minimum atomic E-state index is -0.948. The van der Waals surface area contributed by atoms with E-state index >= 15 is 0 Å². The Hall–Kier alpha value is -0.690. The van der Waals surface area contributed by atoms with Crippen molar-refractivity contribution >= 4 is 5.91 Å². The summed E-state index contributed by atoms with van der Waals surface area (Å²) < 4.78 is 5.16. The maximum absolute atomic E-state index is 9.22. The molecule has 1 unspecified atom stereocenters. The number of nitrogens with two attached hydrogens (primary N) is 1. The third-order valence-corrected chi connectivity index (χ3v) is 1.94. The van der Waals surface area contributed by atoms with Crippen LogP contribution in [0.1, 0.15) is 34.1 Å². The Morgan fingerprint density at radius 2 is 1.82 bits per heavy atom. The van der Waals surface area contributed by atoms with Crippen molar-refractivity contribution in [2.45, 2.75) is 58.5 Å². The molecule has 1 amide bonds. The summed E-state index contributed by atoms with van der Waals surface area (Å²) in [6.07, 6.45) is -2.01. The molecule has 0 radical (unpaired) electrons. The lowest BCUT2D eigenvalue weighted by atomic mass is 9.99. The van der Waals surface area contributed by atoms with Gasteiger partial charge in [0.2, 0.25) is 5.91 Å². The summed E-state index contributed by atoms with van der Waals surface area (Å²) in [5, 5.41) is 27.1. The summed E-state index contributed by atoms with van der Waals surface area (Å²) in [5.74, 6) is -0.333. The molecule has 1 heterocycles. The number of ether oxygens (including phenoxy) is 1. The topological polar surface area (TPSA) is 113 Å². The zero-order chi connectivity index (χ0) is 14.0. The average molecular weight is 251 g/mol. The second kappa shape index (κ2) is 10.5. The third kappa shape index (κ3) is 9.05. The lowest BCUT2D eigenvalue weighted by Gasteiger charge is -2.34. The summed E-state index contributed by atoms with van der Waals surface area (Å²) in [4.78, 5) is 9.22. The highest BCUT2D eigenvalue weighted by Crippen LogP contribution is 2.19. The zero-order valence-corrected chi connectivity index (χ0v) is 11.0. The highest BCUT2D eigenvalue weighted by atomic mass is 16.5. The monoisotopic (exact) mass is 251 g/mol. The molecule has 0 saturated carbocycles. The zero-order valence-electron chi connectivity index (χ0n) is 11.0. The number of hydrogen-bond acceptors (Lipinski definition) is 5. The van der Waals surface area contributed by atoms with Crippen LogP contribution < -0.4 is 5.73 Å². The maximum Gasteiger partial charge on any atom is 0.214 e. The van der Waals surface area contributed by atoms with Gasteiger partial charge in [-0.2, -0.15) is 0 Å². The number of carbonyl (C=O) groups is 1. The van der Waals surface area contributed by atoms with Gasteiger partial charge in [0.1, 0.15) is 12.2 Å². The molecule has 0 bridgehead atoms. The van der Waals surface area contributed by atoms with E-state index in [0.717, 1.165) is 0 Å². The van der Waals surface area contributed by atoms with Crippen LogP contribution in [0.5, 0.6) is 0 Å². The van der Waals surface area contributed by atoms with Crippen LogP contribution in [0, 0.1) is 0 Å². The molecule has 6 heteroatoms. The van der Waals surface area contributed by atoms with E-state index in [1.165, 1.54) is 6.92 Å². The van der Waals surface area contributed by atoms with Crippen LogP contribution in [-0.4, -0.2) is 52.2 Å². The number of amides is 1. The van der Waals surface area contributed by atoms with Crippen molar-refractivity contribution in [3.63, 3.8) is 0 Å². The van der Waals surface area contributed by atoms with Gasteiger partial charge in [-0.3, -0.25) is 4.79 Å². The van der Waals surface area contributed by atoms with E-state index in [1.807, 2.05) is 13.8 Å². The number of primary amides is 1. The van der Waals surface area contributed by atoms with E-state index in [-0.39, 0.29) is 18.6 Å². The molecular formula is C11H25NO5. The van der Waals surface area contributed by atoms with E-state index in [2.05, 4.69) is 5.73 Å². The Labute approximate surface area is 102 Å². The first-order chi connectivity index (χ1) is 7.88. The highest BCUT2D eigenvalue weighted by molar-refractivity contribution is 5.70. The molecule has 1 rings (SSSR count). The Kier molecular flexibility index (Phi) is 11.5. The minimum Gasteiger partial charge on any atom is -0.394 e. The predicted octanol–water partition coefficient (Wildman–Crippen LogP) is -0.604. The first-order valence-electron chi connectivity index (χ1n) is 5.77. The second-order valence-electron chi connectivity index (χ2n) is 3.57. The fourth-order valence-corrected chi connectivity index (χ4v) is 1.31. The summed E-state index contributed by atoms with van der Waals surface area (Å²) in [5.41, 5.74) is 4.47. The van der Waals surface area contributed by atoms with Crippen LogP contribution >= 0.6 is 0 Å². The molecule has 0 aromatic rings. The van der Waals surface area contributed by atoms with Crippen LogP contribution in [0.2, 0.25) is 0 Å². The van der Waals surface area contributed by atoms with Crippen molar-refractivity contribution in [1.82, 2.24) is 0 Å². The highest BCUT2D eigenvalue weighted by Gasteiger charge is 2.34. The number of hydrogen-bond donors (Lipinski definition) is 4. The minimum absolute atomic E-state index is 0.0921. The van der Waals surface area contributed by atoms with Crippen LogP contribution in [0.25, 0.3) is 0 Å². The molecule has 0 aromatic carbocycles. The molecule has 0 aliphatic carbocycles. The van der Waals surface area contributed by atoms with Gasteiger partial charge in [-0.15, -0.1) is 0 Å². The average Bonchev–Trinajstić information content (AvgIpc) is 2.25. The van der Waals surface area contributed by atoms with Crippen molar-refractivity contribution < 1.29 is 24.9 Å². The molecule has 1 aliphatic rings. The van der Waals surface area contributed by atoms with Gasteiger partial charge < -0.3 is 25.8 Å². The van der Waals surface area contributed by atoms with Gasteiger partial charge in [0.05, 0.1) is 18.8 Å². The number of aliphatic hydroxyl groups is 3.